The fraction of sp³-hybridized carbons (Fsp3) is 0. The number of fused-ring (bicyclic) bond motifs is 3. The number of hydrogen-bond acceptors (Lipinski definition) is 7. The van der Waals surface area contributed by atoms with Crippen LogP contribution in [0.5, 0.6) is 0 Å². The summed E-state index contributed by atoms with van der Waals surface area (Å²) in [5.41, 5.74) is 1.06. The summed E-state index contributed by atoms with van der Waals surface area (Å²) >= 11 is 0. The highest BCUT2D eigenvalue weighted by Gasteiger charge is 2.17. The predicted molar refractivity (Wildman–Crippen MR) is 105 cm³/mol. The number of anilines is 2. The molecule has 0 spiro atoms. The molecule has 0 aliphatic heterocycles. The molecule has 0 aliphatic carbocycles. The van der Waals surface area contributed by atoms with Crippen LogP contribution in [0.2, 0.25) is 0 Å². The maximum Gasteiger partial charge on any atom is 0.293 e. The van der Waals surface area contributed by atoms with Gasteiger partial charge in [0.25, 0.3) is 5.56 Å². The Labute approximate surface area is 162 Å². The van der Waals surface area contributed by atoms with Crippen LogP contribution < -0.4 is 10.9 Å². The molecule has 4 heterocycles. The molecule has 29 heavy (non-hydrogen) atoms. The fourth-order valence-corrected chi connectivity index (χ4v) is 2.97. The van der Waals surface area contributed by atoms with Gasteiger partial charge in [0.2, 0.25) is 11.9 Å². The van der Waals surface area contributed by atoms with E-state index in [0.29, 0.717) is 11.2 Å². The zero-order chi connectivity index (χ0) is 19.8. The van der Waals surface area contributed by atoms with E-state index in [0.717, 1.165) is 5.39 Å². The highest BCUT2D eigenvalue weighted by molar-refractivity contribution is 5.93. The average molecular weight is 385 g/mol. The van der Waals surface area contributed by atoms with Gasteiger partial charge < -0.3 is 5.32 Å². The zero-order valence-corrected chi connectivity index (χ0v) is 14.8. The van der Waals surface area contributed by atoms with Crippen molar-refractivity contribution in [2.45, 2.75) is 0 Å². The Bertz CT molecular complexity index is 1430. The molecule has 0 bridgehead atoms. The molecule has 1 aromatic carbocycles. The van der Waals surface area contributed by atoms with E-state index >= 15 is 0 Å². The summed E-state index contributed by atoms with van der Waals surface area (Å²) in [6.07, 6.45) is 2.77. The highest BCUT2D eigenvalue weighted by Crippen LogP contribution is 2.25. The topological polar surface area (TPSA) is 98.0 Å². The third-order valence-corrected chi connectivity index (χ3v) is 4.31. The molecule has 0 aliphatic rings. The average Bonchev–Trinajstić information content (AvgIpc) is 3.08. The number of aromatic nitrogens is 6. The summed E-state index contributed by atoms with van der Waals surface area (Å²) in [6.45, 7) is 0. The summed E-state index contributed by atoms with van der Waals surface area (Å²) < 4.78 is 15.6. The van der Waals surface area contributed by atoms with Crippen LogP contribution in [0.1, 0.15) is 0 Å². The van der Waals surface area contributed by atoms with Crippen LogP contribution in [0.3, 0.4) is 0 Å². The van der Waals surface area contributed by atoms with Crippen LogP contribution >= 0.6 is 0 Å². The van der Waals surface area contributed by atoms with Crippen LogP contribution in [-0.2, 0) is 0 Å². The molecule has 1 N–H and O–H groups in total. The number of halogens is 1. The van der Waals surface area contributed by atoms with E-state index in [1.54, 1.807) is 30.3 Å². The second kappa shape index (κ2) is 6.71. The summed E-state index contributed by atoms with van der Waals surface area (Å²) in [6, 6.07) is 15.5. The van der Waals surface area contributed by atoms with Crippen LogP contribution in [0.4, 0.5) is 16.0 Å². The second-order valence-electron chi connectivity index (χ2n) is 6.14. The van der Waals surface area contributed by atoms with Crippen LogP contribution in [-0.4, -0.2) is 29.5 Å². The monoisotopic (exact) mass is 385 g/mol. The normalized spacial score (nSPS) is 11.1. The Morgan fingerprint density at radius 1 is 0.897 bits per heavy atom. The zero-order valence-electron chi connectivity index (χ0n) is 14.8. The highest BCUT2D eigenvalue weighted by atomic mass is 19.1. The van der Waals surface area contributed by atoms with E-state index < -0.39 is 11.5 Å². The molecule has 0 radical (unpaired) electrons. The van der Waals surface area contributed by atoms with Crippen molar-refractivity contribution in [3.05, 3.63) is 83.3 Å². The predicted octanol–water partition coefficient (Wildman–Crippen LogP) is 2.98. The quantitative estimate of drug-likeness (QED) is 0.477. The molecular weight excluding hydrogens is 373 g/mol. The Morgan fingerprint density at radius 2 is 1.72 bits per heavy atom. The molecule has 140 valence electrons. The summed E-state index contributed by atoms with van der Waals surface area (Å²) in [7, 11) is 0. The Kier molecular flexibility index (Phi) is 3.91. The molecular formula is C20H12FN7O. The molecule has 0 saturated carbocycles. The SMILES string of the molecule is O=c1nccccc1Nc1nc2ccccc2c2nc(-c3cccnc3F)nn12. The van der Waals surface area contributed by atoms with Gasteiger partial charge >= 0.3 is 0 Å². The first-order valence-electron chi connectivity index (χ1n) is 8.69. The van der Waals surface area contributed by atoms with Crippen LogP contribution in [0.25, 0.3) is 27.9 Å². The van der Waals surface area contributed by atoms with E-state index in [2.05, 4.69) is 30.4 Å². The number of nitrogens with zero attached hydrogens (tertiary/aromatic N) is 6. The first kappa shape index (κ1) is 16.9. The minimum atomic E-state index is -0.670. The van der Waals surface area contributed by atoms with Crippen LogP contribution in [0, 0.1) is 5.95 Å². The largest absolute Gasteiger partial charge is 0.319 e. The summed E-state index contributed by atoms with van der Waals surface area (Å²) in [5.74, 6) is -0.251. The van der Waals surface area contributed by atoms with E-state index in [1.165, 1.54) is 16.9 Å². The van der Waals surface area contributed by atoms with Crippen LogP contribution in [0.15, 0.2) is 71.8 Å². The standard InChI is InChI=1S/C20H12FN7O/c21-16-13(7-5-11-22-16)17-26-18-12-6-1-2-8-14(12)24-20(28(18)27-17)25-15-9-3-4-10-23-19(15)29/h1-11H,(H,23,24,25,29). The number of pyridine rings is 1. The van der Waals surface area contributed by atoms with E-state index in [1.807, 2.05) is 24.3 Å². The molecule has 9 heteroatoms. The summed E-state index contributed by atoms with van der Waals surface area (Å²) in [4.78, 5) is 28.7. The Balaban J connectivity index is 1.78. The molecule has 0 amide bonds. The molecule has 8 nitrogen and oxygen atoms in total. The molecule has 0 fully saturated rings. The first-order chi connectivity index (χ1) is 14.2. The van der Waals surface area contributed by atoms with Gasteiger partial charge in [0.05, 0.1) is 11.1 Å². The maximum absolute atomic E-state index is 14.2. The van der Waals surface area contributed by atoms with Gasteiger partial charge in [-0.05, 0) is 36.4 Å². The van der Waals surface area contributed by atoms with Crippen molar-refractivity contribution in [3.63, 3.8) is 0 Å². The van der Waals surface area contributed by atoms with Crippen molar-refractivity contribution in [1.82, 2.24) is 29.5 Å². The van der Waals surface area contributed by atoms with E-state index in [4.69, 9.17) is 0 Å². The van der Waals surface area contributed by atoms with Crippen molar-refractivity contribution in [1.29, 1.82) is 0 Å². The second-order valence-corrected chi connectivity index (χ2v) is 6.14. The number of hydrogen-bond donors (Lipinski definition) is 1. The van der Waals surface area contributed by atoms with Crippen molar-refractivity contribution in [2.75, 3.05) is 5.32 Å². The van der Waals surface area contributed by atoms with Gasteiger partial charge in [-0.2, -0.15) is 8.91 Å². The smallest absolute Gasteiger partial charge is 0.293 e. The van der Waals surface area contributed by atoms with Gasteiger partial charge in [-0.25, -0.2) is 19.9 Å². The van der Waals surface area contributed by atoms with Crippen molar-refractivity contribution < 1.29 is 4.39 Å². The molecule has 0 saturated heterocycles. The van der Waals surface area contributed by atoms with Gasteiger partial charge in [-0.3, -0.25) is 4.79 Å². The molecule has 0 unspecified atom stereocenters. The summed E-state index contributed by atoms with van der Waals surface area (Å²) in [5, 5.41) is 8.12. The third kappa shape index (κ3) is 2.94. The first-order valence-corrected chi connectivity index (χ1v) is 8.69. The lowest BCUT2D eigenvalue weighted by molar-refractivity contribution is 0.586. The third-order valence-electron chi connectivity index (χ3n) is 4.31. The molecule has 4 aromatic heterocycles. The van der Waals surface area contributed by atoms with Gasteiger partial charge in [-0.15, -0.1) is 5.10 Å². The lowest BCUT2D eigenvalue weighted by Gasteiger charge is -2.07. The molecule has 0 atom stereocenters. The Morgan fingerprint density at radius 3 is 2.62 bits per heavy atom. The fourth-order valence-electron chi connectivity index (χ4n) is 2.97. The van der Waals surface area contributed by atoms with Crippen molar-refractivity contribution >= 4 is 28.2 Å². The minimum Gasteiger partial charge on any atom is -0.319 e. The Hall–Kier alpha value is -4.27. The lowest BCUT2D eigenvalue weighted by atomic mass is 10.2. The van der Waals surface area contributed by atoms with Crippen molar-refractivity contribution in [2.24, 2.45) is 0 Å². The van der Waals surface area contributed by atoms with E-state index in [-0.39, 0.29) is 23.0 Å². The molecule has 5 rings (SSSR count). The van der Waals surface area contributed by atoms with Gasteiger partial charge in [0, 0.05) is 17.8 Å². The van der Waals surface area contributed by atoms with E-state index in [9.17, 15) is 9.18 Å². The van der Waals surface area contributed by atoms with Gasteiger partial charge in [-0.1, -0.05) is 18.2 Å². The minimum absolute atomic E-state index is 0.163. The van der Waals surface area contributed by atoms with Crippen molar-refractivity contribution in [3.8, 4) is 11.4 Å². The number of para-hydroxylation sites is 1. The van der Waals surface area contributed by atoms with Gasteiger partial charge in [0.1, 0.15) is 5.69 Å². The number of rotatable bonds is 3. The van der Waals surface area contributed by atoms with Gasteiger partial charge in [0.15, 0.2) is 11.5 Å². The number of nitrogens with one attached hydrogen (secondary N) is 1. The maximum atomic E-state index is 14.2. The molecule has 5 aromatic rings. The lowest BCUT2D eigenvalue weighted by Crippen LogP contribution is -2.11. The number of benzene rings is 1.